The highest BCUT2D eigenvalue weighted by atomic mass is 79.9. The molecule has 3 rings (SSSR count). The van der Waals surface area contributed by atoms with Gasteiger partial charge in [0.1, 0.15) is 0 Å². The summed E-state index contributed by atoms with van der Waals surface area (Å²) < 4.78 is 1.08. The Morgan fingerprint density at radius 1 is 1.00 bits per heavy atom. The molecule has 0 saturated heterocycles. The van der Waals surface area contributed by atoms with E-state index in [9.17, 15) is 0 Å². The predicted molar refractivity (Wildman–Crippen MR) is 93.5 cm³/mol. The first-order valence-electron chi connectivity index (χ1n) is 7.13. The quantitative estimate of drug-likeness (QED) is 0.701. The van der Waals surface area contributed by atoms with E-state index in [4.69, 9.17) is 5.73 Å². The van der Waals surface area contributed by atoms with E-state index in [1.807, 2.05) is 0 Å². The highest BCUT2D eigenvalue weighted by Gasteiger charge is 2.12. The minimum atomic E-state index is -0.00918. The van der Waals surface area contributed by atoms with Crippen LogP contribution in [0.5, 0.6) is 0 Å². The lowest BCUT2D eigenvalue weighted by molar-refractivity contribution is 0.721. The van der Waals surface area contributed by atoms with Crippen molar-refractivity contribution in [2.75, 3.05) is 0 Å². The molecule has 3 aromatic carbocycles. The summed E-state index contributed by atoms with van der Waals surface area (Å²) in [6.45, 7) is 2.10. The van der Waals surface area contributed by atoms with Crippen molar-refractivity contribution in [1.82, 2.24) is 0 Å². The van der Waals surface area contributed by atoms with Gasteiger partial charge in [0.25, 0.3) is 0 Å². The molecule has 1 unspecified atom stereocenters. The Morgan fingerprint density at radius 2 is 1.76 bits per heavy atom. The summed E-state index contributed by atoms with van der Waals surface area (Å²) in [6, 6.07) is 21.2. The second-order valence-electron chi connectivity index (χ2n) is 5.47. The van der Waals surface area contributed by atoms with Gasteiger partial charge in [-0.15, -0.1) is 0 Å². The molecule has 1 atom stereocenters. The van der Waals surface area contributed by atoms with Crippen molar-refractivity contribution >= 4 is 26.7 Å². The lowest BCUT2D eigenvalue weighted by atomic mass is 9.95. The van der Waals surface area contributed by atoms with Crippen molar-refractivity contribution < 1.29 is 0 Å². The van der Waals surface area contributed by atoms with Crippen molar-refractivity contribution in [3.63, 3.8) is 0 Å². The van der Waals surface area contributed by atoms with E-state index in [0.717, 1.165) is 10.9 Å². The Balaban J connectivity index is 1.96. The maximum Gasteiger partial charge on any atom is 0.0347 e. The zero-order valence-electron chi connectivity index (χ0n) is 12.0. The normalized spacial score (nSPS) is 12.5. The number of rotatable bonds is 3. The van der Waals surface area contributed by atoms with Crippen LogP contribution >= 0.6 is 15.9 Å². The van der Waals surface area contributed by atoms with Gasteiger partial charge in [0.2, 0.25) is 0 Å². The van der Waals surface area contributed by atoms with Gasteiger partial charge in [0, 0.05) is 10.5 Å². The van der Waals surface area contributed by atoms with Crippen LogP contribution < -0.4 is 5.73 Å². The molecule has 0 fully saturated rings. The maximum atomic E-state index is 6.46. The van der Waals surface area contributed by atoms with Crippen molar-refractivity contribution in [3.8, 4) is 0 Å². The van der Waals surface area contributed by atoms with Gasteiger partial charge in [0.05, 0.1) is 0 Å². The fourth-order valence-corrected chi connectivity index (χ4v) is 3.31. The summed E-state index contributed by atoms with van der Waals surface area (Å²) in [7, 11) is 0. The SMILES string of the molecule is Cc1ccc(Br)c(C(N)Cc2cccc3ccccc23)c1. The van der Waals surface area contributed by atoms with Crippen molar-refractivity contribution in [2.24, 2.45) is 5.73 Å². The van der Waals surface area contributed by atoms with Crippen LogP contribution in [-0.2, 0) is 6.42 Å². The van der Waals surface area contributed by atoms with Crippen LogP contribution in [-0.4, -0.2) is 0 Å². The van der Waals surface area contributed by atoms with Gasteiger partial charge in [0.15, 0.2) is 0 Å². The summed E-state index contributed by atoms with van der Waals surface area (Å²) in [4.78, 5) is 0. The Labute approximate surface area is 133 Å². The zero-order valence-corrected chi connectivity index (χ0v) is 13.6. The Morgan fingerprint density at radius 3 is 2.62 bits per heavy atom. The maximum absolute atomic E-state index is 6.46. The van der Waals surface area contributed by atoms with E-state index in [-0.39, 0.29) is 6.04 Å². The third-order valence-corrected chi connectivity index (χ3v) is 4.59. The number of hydrogen-bond donors (Lipinski definition) is 1. The zero-order chi connectivity index (χ0) is 14.8. The summed E-state index contributed by atoms with van der Waals surface area (Å²) in [5.74, 6) is 0. The molecule has 0 spiro atoms. The highest BCUT2D eigenvalue weighted by Crippen LogP contribution is 2.28. The molecule has 106 valence electrons. The predicted octanol–water partition coefficient (Wildman–Crippen LogP) is 5.15. The third-order valence-electron chi connectivity index (χ3n) is 3.87. The van der Waals surface area contributed by atoms with E-state index in [1.165, 1.54) is 27.5 Å². The van der Waals surface area contributed by atoms with Gasteiger partial charge in [-0.1, -0.05) is 76.1 Å². The average Bonchev–Trinajstić information content (AvgIpc) is 2.50. The lowest BCUT2D eigenvalue weighted by Crippen LogP contribution is -2.14. The topological polar surface area (TPSA) is 26.0 Å². The molecular weight excluding hydrogens is 322 g/mol. The number of aryl methyl sites for hydroxylation is 1. The Kier molecular flexibility index (Phi) is 4.09. The standard InChI is InChI=1S/C19H18BrN/c1-13-9-10-18(20)17(11-13)19(21)12-15-7-4-6-14-5-2-3-8-16(14)15/h2-11,19H,12,21H2,1H3. The second kappa shape index (κ2) is 6.00. The number of halogens is 1. The first kappa shape index (κ1) is 14.3. The van der Waals surface area contributed by atoms with Crippen LogP contribution in [0.15, 0.2) is 65.1 Å². The molecule has 0 saturated carbocycles. The molecule has 0 amide bonds. The average molecular weight is 340 g/mol. The van der Waals surface area contributed by atoms with E-state index < -0.39 is 0 Å². The van der Waals surface area contributed by atoms with E-state index in [2.05, 4.69) is 83.5 Å². The minimum absolute atomic E-state index is 0.00918. The monoisotopic (exact) mass is 339 g/mol. The van der Waals surface area contributed by atoms with Crippen LogP contribution in [0.25, 0.3) is 10.8 Å². The van der Waals surface area contributed by atoms with Crippen LogP contribution in [0.4, 0.5) is 0 Å². The second-order valence-corrected chi connectivity index (χ2v) is 6.33. The van der Waals surface area contributed by atoms with Crippen molar-refractivity contribution in [2.45, 2.75) is 19.4 Å². The molecule has 2 heteroatoms. The molecular formula is C19H18BrN. The van der Waals surface area contributed by atoms with Crippen LogP contribution in [0.3, 0.4) is 0 Å². The number of benzene rings is 3. The Hall–Kier alpha value is -1.64. The molecule has 3 aromatic rings. The first-order chi connectivity index (χ1) is 10.1. The highest BCUT2D eigenvalue weighted by molar-refractivity contribution is 9.10. The van der Waals surface area contributed by atoms with E-state index >= 15 is 0 Å². The van der Waals surface area contributed by atoms with Gasteiger partial charge in [-0.25, -0.2) is 0 Å². The van der Waals surface area contributed by atoms with Gasteiger partial charge in [-0.05, 0) is 41.3 Å². The smallest absolute Gasteiger partial charge is 0.0347 e. The number of fused-ring (bicyclic) bond motifs is 1. The summed E-state index contributed by atoms with van der Waals surface area (Å²) >= 11 is 3.61. The fourth-order valence-electron chi connectivity index (χ4n) is 2.76. The number of nitrogens with two attached hydrogens (primary N) is 1. The molecule has 0 aromatic heterocycles. The molecule has 0 bridgehead atoms. The van der Waals surface area contributed by atoms with Crippen LogP contribution in [0, 0.1) is 6.92 Å². The van der Waals surface area contributed by atoms with Crippen LogP contribution in [0.1, 0.15) is 22.7 Å². The van der Waals surface area contributed by atoms with Gasteiger partial charge in [-0.2, -0.15) is 0 Å². The molecule has 0 heterocycles. The fraction of sp³-hybridized carbons (Fsp3) is 0.158. The summed E-state index contributed by atoms with van der Waals surface area (Å²) in [5, 5.41) is 2.56. The van der Waals surface area contributed by atoms with E-state index in [0.29, 0.717) is 0 Å². The molecule has 1 nitrogen and oxygen atoms in total. The number of hydrogen-bond acceptors (Lipinski definition) is 1. The Bertz CT molecular complexity index is 774. The summed E-state index contributed by atoms with van der Waals surface area (Å²) in [6.07, 6.45) is 0.837. The van der Waals surface area contributed by atoms with Crippen molar-refractivity contribution in [1.29, 1.82) is 0 Å². The minimum Gasteiger partial charge on any atom is -0.324 e. The molecule has 0 aliphatic heterocycles. The lowest BCUT2D eigenvalue weighted by Gasteiger charge is -2.16. The first-order valence-corrected chi connectivity index (χ1v) is 7.93. The van der Waals surface area contributed by atoms with Gasteiger partial charge < -0.3 is 5.73 Å². The van der Waals surface area contributed by atoms with Gasteiger partial charge >= 0.3 is 0 Å². The molecule has 21 heavy (non-hydrogen) atoms. The van der Waals surface area contributed by atoms with Crippen molar-refractivity contribution in [3.05, 3.63) is 81.8 Å². The summed E-state index contributed by atoms with van der Waals surface area (Å²) in [5.41, 5.74) is 10.2. The van der Waals surface area contributed by atoms with E-state index in [1.54, 1.807) is 0 Å². The third kappa shape index (κ3) is 3.02. The molecule has 2 N–H and O–H groups in total. The molecule has 0 aliphatic rings. The van der Waals surface area contributed by atoms with Gasteiger partial charge in [-0.3, -0.25) is 0 Å². The van der Waals surface area contributed by atoms with Crippen LogP contribution in [0.2, 0.25) is 0 Å². The molecule has 0 radical (unpaired) electrons. The largest absolute Gasteiger partial charge is 0.324 e. The molecule has 0 aliphatic carbocycles.